The highest BCUT2D eigenvalue weighted by molar-refractivity contribution is 6.31. The highest BCUT2D eigenvalue weighted by Gasteiger charge is 2.31. The monoisotopic (exact) mass is 242 g/mol. The second kappa shape index (κ2) is 4.39. The molecule has 5 heteroatoms. The lowest BCUT2D eigenvalue weighted by Crippen LogP contribution is -2.26. The quantitative estimate of drug-likeness (QED) is 0.860. The van der Waals surface area contributed by atoms with Crippen molar-refractivity contribution in [3.05, 3.63) is 29.0 Å². The number of amides is 1. The zero-order valence-electron chi connectivity index (χ0n) is 8.62. The van der Waals surface area contributed by atoms with Crippen molar-refractivity contribution in [3.63, 3.8) is 0 Å². The Balaban J connectivity index is 2.31. The van der Waals surface area contributed by atoms with Crippen molar-refractivity contribution >= 4 is 23.2 Å². The summed E-state index contributed by atoms with van der Waals surface area (Å²) in [5.74, 6) is -0.544. The lowest BCUT2D eigenvalue weighted by molar-refractivity contribution is -0.117. The summed E-state index contributed by atoms with van der Waals surface area (Å²) in [6.07, 6.45) is 0.377. The zero-order chi connectivity index (χ0) is 11.7. The third kappa shape index (κ3) is 1.90. The van der Waals surface area contributed by atoms with E-state index in [9.17, 15) is 9.18 Å². The highest BCUT2D eigenvalue weighted by Crippen LogP contribution is 2.30. The zero-order valence-corrected chi connectivity index (χ0v) is 9.38. The number of halogens is 2. The van der Waals surface area contributed by atoms with Crippen molar-refractivity contribution in [2.24, 2.45) is 11.7 Å². The number of rotatable bonds is 2. The SMILES string of the molecule is NCC1CC(=O)N(c2cccc(Cl)c2F)C1. The average Bonchev–Trinajstić information content (AvgIpc) is 2.64. The Kier molecular flexibility index (Phi) is 3.12. The van der Waals surface area contributed by atoms with Gasteiger partial charge in [0.1, 0.15) is 0 Å². The van der Waals surface area contributed by atoms with Gasteiger partial charge >= 0.3 is 0 Å². The molecule has 1 fully saturated rings. The van der Waals surface area contributed by atoms with E-state index >= 15 is 0 Å². The second-order valence-corrected chi connectivity index (χ2v) is 4.29. The van der Waals surface area contributed by atoms with Gasteiger partial charge in [0.15, 0.2) is 5.82 Å². The molecule has 3 nitrogen and oxygen atoms in total. The molecule has 0 aromatic heterocycles. The molecule has 86 valence electrons. The van der Waals surface area contributed by atoms with Crippen molar-refractivity contribution < 1.29 is 9.18 Å². The second-order valence-electron chi connectivity index (χ2n) is 3.88. The number of hydrogen-bond donors (Lipinski definition) is 1. The molecule has 1 amide bonds. The van der Waals surface area contributed by atoms with E-state index in [2.05, 4.69) is 0 Å². The van der Waals surface area contributed by atoms with Crippen LogP contribution in [0.3, 0.4) is 0 Å². The molecule has 0 bridgehead atoms. The maximum absolute atomic E-state index is 13.7. The molecule has 0 spiro atoms. The molecule has 1 saturated heterocycles. The summed E-state index contributed by atoms with van der Waals surface area (Å²) in [4.78, 5) is 13.1. The first-order valence-electron chi connectivity index (χ1n) is 5.08. The molecule has 1 aromatic rings. The number of hydrogen-bond acceptors (Lipinski definition) is 2. The molecule has 1 aliphatic heterocycles. The predicted molar refractivity (Wildman–Crippen MR) is 60.9 cm³/mol. The first-order chi connectivity index (χ1) is 7.63. The normalized spacial score (nSPS) is 20.6. The van der Waals surface area contributed by atoms with E-state index in [1.165, 1.54) is 11.0 Å². The van der Waals surface area contributed by atoms with Gasteiger partial charge in [0.05, 0.1) is 10.7 Å². The van der Waals surface area contributed by atoms with E-state index in [1.54, 1.807) is 12.1 Å². The van der Waals surface area contributed by atoms with Crippen LogP contribution >= 0.6 is 11.6 Å². The van der Waals surface area contributed by atoms with Gasteiger partial charge in [-0.25, -0.2) is 4.39 Å². The van der Waals surface area contributed by atoms with Crippen LogP contribution in [-0.2, 0) is 4.79 Å². The highest BCUT2D eigenvalue weighted by atomic mass is 35.5. The molecular formula is C11H12ClFN2O. The number of nitrogens with zero attached hydrogens (tertiary/aromatic N) is 1. The Morgan fingerprint density at radius 1 is 1.56 bits per heavy atom. The third-order valence-electron chi connectivity index (χ3n) is 2.76. The Bertz CT molecular complexity index is 424. The first kappa shape index (κ1) is 11.4. The summed E-state index contributed by atoms with van der Waals surface area (Å²) in [5.41, 5.74) is 5.75. The van der Waals surface area contributed by atoms with Gasteiger partial charge in [-0.15, -0.1) is 0 Å². The van der Waals surface area contributed by atoms with Gasteiger partial charge in [0.25, 0.3) is 0 Å². The summed E-state index contributed by atoms with van der Waals surface area (Å²) in [7, 11) is 0. The van der Waals surface area contributed by atoms with Crippen LogP contribution in [0.2, 0.25) is 5.02 Å². The maximum Gasteiger partial charge on any atom is 0.227 e. The van der Waals surface area contributed by atoms with Gasteiger partial charge in [0, 0.05) is 13.0 Å². The molecule has 2 N–H and O–H groups in total. The number of benzene rings is 1. The first-order valence-corrected chi connectivity index (χ1v) is 5.45. The van der Waals surface area contributed by atoms with Gasteiger partial charge in [-0.05, 0) is 24.6 Å². The molecule has 1 unspecified atom stereocenters. The van der Waals surface area contributed by atoms with Crippen LogP contribution in [0.4, 0.5) is 10.1 Å². The van der Waals surface area contributed by atoms with E-state index in [-0.39, 0.29) is 22.5 Å². The average molecular weight is 243 g/mol. The topological polar surface area (TPSA) is 46.3 Å². The Labute approximate surface area is 98.0 Å². The van der Waals surface area contributed by atoms with Crippen LogP contribution in [0.1, 0.15) is 6.42 Å². The fraction of sp³-hybridized carbons (Fsp3) is 0.364. The van der Waals surface area contributed by atoms with Crippen LogP contribution in [0.15, 0.2) is 18.2 Å². The van der Waals surface area contributed by atoms with Crippen LogP contribution in [0.25, 0.3) is 0 Å². The van der Waals surface area contributed by atoms with Crippen molar-refractivity contribution in [2.45, 2.75) is 6.42 Å². The van der Waals surface area contributed by atoms with Crippen LogP contribution in [0.5, 0.6) is 0 Å². The lowest BCUT2D eigenvalue weighted by Gasteiger charge is -2.17. The summed E-state index contributed by atoms with van der Waals surface area (Å²) < 4.78 is 13.7. The van der Waals surface area contributed by atoms with Crippen molar-refractivity contribution in [3.8, 4) is 0 Å². The summed E-state index contributed by atoms with van der Waals surface area (Å²) in [6.45, 7) is 0.900. The van der Waals surface area contributed by atoms with Crippen LogP contribution in [0, 0.1) is 11.7 Å². The van der Waals surface area contributed by atoms with E-state index in [0.717, 1.165) is 0 Å². The lowest BCUT2D eigenvalue weighted by atomic mass is 10.1. The fourth-order valence-corrected chi connectivity index (χ4v) is 2.04. The Hall–Kier alpha value is -1.13. The van der Waals surface area contributed by atoms with Crippen molar-refractivity contribution in [1.29, 1.82) is 0 Å². The van der Waals surface area contributed by atoms with E-state index in [0.29, 0.717) is 19.5 Å². The number of carbonyl (C=O) groups excluding carboxylic acids is 1. The standard InChI is InChI=1S/C11H12ClFN2O/c12-8-2-1-3-9(11(8)13)15-6-7(5-14)4-10(15)16/h1-3,7H,4-6,14H2. The minimum Gasteiger partial charge on any atom is -0.330 e. The van der Waals surface area contributed by atoms with Crippen LogP contribution < -0.4 is 10.6 Å². The molecule has 0 aliphatic carbocycles. The minimum absolute atomic E-state index is 0.0292. The molecule has 1 atom stereocenters. The largest absolute Gasteiger partial charge is 0.330 e. The fourth-order valence-electron chi connectivity index (χ4n) is 1.87. The van der Waals surface area contributed by atoms with Gasteiger partial charge in [-0.3, -0.25) is 4.79 Å². The van der Waals surface area contributed by atoms with Crippen molar-refractivity contribution in [2.75, 3.05) is 18.0 Å². The number of anilines is 1. The minimum atomic E-state index is -0.546. The van der Waals surface area contributed by atoms with Gasteiger partial charge in [-0.2, -0.15) is 0 Å². The molecule has 0 saturated carbocycles. The molecule has 1 aromatic carbocycles. The third-order valence-corrected chi connectivity index (χ3v) is 3.05. The molecule has 2 rings (SSSR count). The van der Waals surface area contributed by atoms with Crippen LogP contribution in [-0.4, -0.2) is 19.0 Å². The molecule has 16 heavy (non-hydrogen) atoms. The van der Waals surface area contributed by atoms with E-state index in [4.69, 9.17) is 17.3 Å². The van der Waals surface area contributed by atoms with Crippen molar-refractivity contribution in [1.82, 2.24) is 0 Å². The molecule has 1 aliphatic rings. The number of carbonyl (C=O) groups is 1. The van der Waals surface area contributed by atoms with E-state index < -0.39 is 5.82 Å². The summed E-state index contributed by atoms with van der Waals surface area (Å²) in [6, 6.07) is 4.64. The van der Waals surface area contributed by atoms with E-state index in [1.807, 2.05) is 0 Å². The van der Waals surface area contributed by atoms with Gasteiger partial charge in [-0.1, -0.05) is 17.7 Å². The Morgan fingerprint density at radius 3 is 2.94 bits per heavy atom. The molecular weight excluding hydrogens is 231 g/mol. The molecule has 0 radical (unpaired) electrons. The maximum atomic E-state index is 13.7. The summed E-state index contributed by atoms with van der Waals surface area (Å²) in [5, 5.41) is 0.0292. The molecule has 1 heterocycles. The smallest absolute Gasteiger partial charge is 0.227 e. The predicted octanol–water partition coefficient (Wildman–Crippen LogP) is 1.79. The number of nitrogens with two attached hydrogens (primary N) is 1. The Morgan fingerprint density at radius 2 is 2.31 bits per heavy atom. The summed E-state index contributed by atoms with van der Waals surface area (Å²) >= 11 is 5.67. The van der Waals surface area contributed by atoms with Gasteiger partial charge in [0.2, 0.25) is 5.91 Å². The van der Waals surface area contributed by atoms with Gasteiger partial charge < -0.3 is 10.6 Å².